The lowest BCUT2D eigenvalue weighted by Gasteiger charge is -2.10. The number of imidazole rings is 1. The number of nitrogens with zero attached hydrogens (tertiary/aromatic N) is 2. The van der Waals surface area contributed by atoms with Gasteiger partial charge in [-0.2, -0.15) is 0 Å². The molecule has 17 heavy (non-hydrogen) atoms. The molecule has 5 nitrogen and oxygen atoms in total. The lowest BCUT2D eigenvalue weighted by atomic mass is 10.3. The molecular formula is C9H16Cl2N4OS. The lowest BCUT2D eigenvalue weighted by molar-refractivity contribution is -0.122. The van der Waals surface area contributed by atoms with Crippen LogP contribution in [0, 0.1) is 0 Å². The first-order valence-electron chi connectivity index (χ1n) is 4.91. The minimum atomic E-state index is -0.0159. The van der Waals surface area contributed by atoms with Gasteiger partial charge in [-0.1, -0.05) is 0 Å². The van der Waals surface area contributed by atoms with E-state index in [0.717, 1.165) is 18.2 Å². The topological polar surface area (TPSA) is 59.0 Å². The molecular weight excluding hydrogens is 283 g/mol. The Balaban J connectivity index is 0.00000128. The van der Waals surface area contributed by atoms with Crippen LogP contribution in [0.5, 0.6) is 0 Å². The number of rotatable bonds is 4. The Morgan fingerprint density at radius 3 is 3.00 bits per heavy atom. The van der Waals surface area contributed by atoms with E-state index in [1.165, 1.54) is 0 Å². The fourth-order valence-corrected chi connectivity index (χ4v) is 2.36. The maximum atomic E-state index is 11.6. The Kier molecular flexibility index (Phi) is 8.41. The van der Waals surface area contributed by atoms with Crippen molar-refractivity contribution < 1.29 is 4.79 Å². The zero-order valence-electron chi connectivity index (χ0n) is 9.17. The highest BCUT2D eigenvalue weighted by Gasteiger charge is 2.21. The predicted molar refractivity (Wildman–Crippen MR) is 74.0 cm³/mol. The Bertz CT molecular complexity index is 317. The summed E-state index contributed by atoms with van der Waals surface area (Å²) in [5.74, 6) is 1.84. The van der Waals surface area contributed by atoms with E-state index in [0.29, 0.717) is 6.54 Å². The Morgan fingerprint density at radius 1 is 1.59 bits per heavy atom. The highest BCUT2D eigenvalue weighted by Crippen LogP contribution is 2.08. The van der Waals surface area contributed by atoms with Gasteiger partial charge in [0.15, 0.2) is 0 Å². The molecule has 2 N–H and O–H groups in total. The second-order valence-electron chi connectivity index (χ2n) is 3.36. The number of hydrogen-bond donors (Lipinski definition) is 2. The summed E-state index contributed by atoms with van der Waals surface area (Å²) in [4.78, 5) is 15.5. The van der Waals surface area contributed by atoms with Crippen molar-refractivity contribution in [1.82, 2.24) is 20.2 Å². The van der Waals surface area contributed by atoms with Gasteiger partial charge in [-0.3, -0.25) is 10.1 Å². The molecule has 0 aliphatic carbocycles. The molecule has 0 aromatic carbocycles. The van der Waals surface area contributed by atoms with Crippen molar-refractivity contribution in [2.24, 2.45) is 0 Å². The van der Waals surface area contributed by atoms with Crippen LogP contribution in [0.1, 0.15) is 0 Å². The normalized spacial score (nSPS) is 18.0. The summed E-state index contributed by atoms with van der Waals surface area (Å²) in [6.07, 6.45) is 5.36. The van der Waals surface area contributed by atoms with Crippen molar-refractivity contribution in [2.45, 2.75) is 12.6 Å². The number of thioether (sulfide) groups is 1. The second kappa shape index (κ2) is 8.63. The van der Waals surface area contributed by atoms with Crippen molar-refractivity contribution in [1.29, 1.82) is 0 Å². The number of hydrogen-bond acceptors (Lipinski definition) is 4. The maximum absolute atomic E-state index is 11.6. The maximum Gasteiger partial charge on any atom is 0.238 e. The molecule has 1 amide bonds. The molecule has 8 heteroatoms. The minimum Gasteiger partial charge on any atom is -0.353 e. The summed E-state index contributed by atoms with van der Waals surface area (Å²) in [7, 11) is 0. The highest BCUT2D eigenvalue weighted by molar-refractivity contribution is 7.99. The minimum absolute atomic E-state index is 0. The van der Waals surface area contributed by atoms with Gasteiger partial charge < -0.3 is 9.88 Å². The summed E-state index contributed by atoms with van der Waals surface area (Å²) in [6.45, 7) is 1.42. The van der Waals surface area contributed by atoms with Crippen LogP contribution in [-0.2, 0) is 11.3 Å². The van der Waals surface area contributed by atoms with Gasteiger partial charge in [-0.25, -0.2) is 4.98 Å². The summed E-state index contributed by atoms with van der Waals surface area (Å²) < 4.78 is 1.94. The number of carbonyl (C=O) groups is 1. The quantitative estimate of drug-likeness (QED) is 0.850. The molecule has 98 valence electrons. The van der Waals surface area contributed by atoms with Gasteiger partial charge in [0, 0.05) is 37.1 Å². The Morgan fingerprint density at radius 2 is 2.41 bits per heavy atom. The van der Waals surface area contributed by atoms with Gasteiger partial charge >= 0.3 is 0 Å². The first-order valence-corrected chi connectivity index (χ1v) is 6.06. The lowest BCUT2D eigenvalue weighted by Crippen LogP contribution is -2.42. The van der Waals surface area contributed by atoms with Crippen molar-refractivity contribution in [3.05, 3.63) is 18.7 Å². The summed E-state index contributed by atoms with van der Waals surface area (Å²) >= 11 is 1.75. The van der Waals surface area contributed by atoms with E-state index in [1.54, 1.807) is 24.3 Å². The zero-order valence-corrected chi connectivity index (χ0v) is 11.6. The summed E-state index contributed by atoms with van der Waals surface area (Å²) in [5.41, 5.74) is 0. The molecule has 0 saturated carbocycles. The highest BCUT2D eigenvalue weighted by atomic mass is 35.5. The SMILES string of the molecule is Cl.Cl.O=C(NCCn1ccnc1)C1CSCN1. The van der Waals surface area contributed by atoms with E-state index in [-0.39, 0.29) is 36.8 Å². The second-order valence-corrected chi connectivity index (χ2v) is 4.39. The molecule has 1 aromatic heterocycles. The standard InChI is InChI=1S/C9H14N4OS.2ClH/c14-9(8-5-15-7-12-8)11-2-4-13-3-1-10-6-13;;/h1,3,6,8,12H,2,4-5,7H2,(H,11,14);2*1H. The van der Waals surface area contributed by atoms with Crippen LogP contribution in [0.25, 0.3) is 0 Å². The van der Waals surface area contributed by atoms with E-state index in [9.17, 15) is 4.79 Å². The van der Waals surface area contributed by atoms with Crippen LogP contribution in [0.4, 0.5) is 0 Å². The third kappa shape index (κ3) is 5.16. The molecule has 1 unspecified atom stereocenters. The molecule has 1 aliphatic heterocycles. The molecule has 1 saturated heterocycles. The predicted octanol–water partition coefficient (Wildman–Crippen LogP) is 0.505. The molecule has 1 fully saturated rings. The number of halogens is 2. The Labute approximate surface area is 117 Å². The van der Waals surface area contributed by atoms with E-state index in [4.69, 9.17) is 0 Å². The van der Waals surface area contributed by atoms with Crippen molar-refractivity contribution in [2.75, 3.05) is 18.2 Å². The summed E-state index contributed by atoms with van der Waals surface area (Å²) in [5, 5.41) is 6.03. The van der Waals surface area contributed by atoms with Gasteiger partial charge in [-0.15, -0.1) is 36.6 Å². The first-order chi connectivity index (χ1) is 7.36. The van der Waals surface area contributed by atoms with Gasteiger partial charge in [0.2, 0.25) is 5.91 Å². The molecule has 1 aliphatic rings. The van der Waals surface area contributed by atoms with Gasteiger partial charge in [-0.05, 0) is 0 Å². The number of amides is 1. The average Bonchev–Trinajstić information content (AvgIpc) is 2.90. The van der Waals surface area contributed by atoms with E-state index >= 15 is 0 Å². The average molecular weight is 299 g/mol. The molecule has 1 atom stereocenters. The van der Waals surface area contributed by atoms with Gasteiger partial charge in [0.05, 0.1) is 12.4 Å². The number of nitrogens with one attached hydrogen (secondary N) is 2. The van der Waals surface area contributed by atoms with Gasteiger partial charge in [0.25, 0.3) is 0 Å². The van der Waals surface area contributed by atoms with Crippen molar-refractivity contribution in [3.8, 4) is 0 Å². The smallest absolute Gasteiger partial charge is 0.238 e. The molecule has 1 aromatic rings. The Hall–Kier alpha value is -0.430. The van der Waals surface area contributed by atoms with Crippen LogP contribution in [0.15, 0.2) is 18.7 Å². The van der Waals surface area contributed by atoms with Crippen molar-refractivity contribution in [3.63, 3.8) is 0 Å². The van der Waals surface area contributed by atoms with E-state index in [2.05, 4.69) is 15.6 Å². The molecule has 0 bridgehead atoms. The van der Waals surface area contributed by atoms with Crippen LogP contribution in [0.2, 0.25) is 0 Å². The van der Waals surface area contributed by atoms with E-state index < -0.39 is 0 Å². The monoisotopic (exact) mass is 298 g/mol. The van der Waals surface area contributed by atoms with Crippen LogP contribution < -0.4 is 10.6 Å². The molecule has 0 radical (unpaired) electrons. The number of carbonyl (C=O) groups excluding carboxylic acids is 1. The fourth-order valence-electron chi connectivity index (χ4n) is 1.41. The molecule has 0 spiro atoms. The zero-order chi connectivity index (χ0) is 10.5. The first kappa shape index (κ1) is 16.6. The molecule has 2 heterocycles. The summed E-state index contributed by atoms with van der Waals surface area (Å²) in [6, 6.07) is -0.0159. The molecule has 2 rings (SSSR count). The van der Waals surface area contributed by atoms with Crippen LogP contribution in [-0.4, -0.2) is 39.7 Å². The third-order valence-electron chi connectivity index (χ3n) is 2.26. The largest absolute Gasteiger partial charge is 0.353 e. The van der Waals surface area contributed by atoms with E-state index in [1.807, 2.05) is 10.8 Å². The number of aromatic nitrogens is 2. The van der Waals surface area contributed by atoms with Crippen LogP contribution in [0.3, 0.4) is 0 Å². The third-order valence-corrected chi connectivity index (χ3v) is 3.20. The van der Waals surface area contributed by atoms with Crippen LogP contribution >= 0.6 is 36.6 Å². The fraction of sp³-hybridized carbons (Fsp3) is 0.556. The van der Waals surface area contributed by atoms with Crippen molar-refractivity contribution >= 4 is 42.5 Å². The van der Waals surface area contributed by atoms with Gasteiger partial charge in [0.1, 0.15) is 0 Å².